The molecule has 108 valence electrons. The lowest BCUT2D eigenvalue weighted by Gasteiger charge is -2.19. The van der Waals surface area contributed by atoms with Gasteiger partial charge in [-0.15, -0.1) is 0 Å². The number of benzene rings is 1. The molecule has 1 aliphatic rings. The van der Waals surface area contributed by atoms with Crippen LogP contribution in [0, 0.1) is 6.92 Å². The maximum atomic E-state index is 12.5. The number of nitrogens with zero attached hydrogens (tertiary/aromatic N) is 1. The molecule has 1 aromatic carbocycles. The zero-order chi connectivity index (χ0) is 14.8. The molecule has 0 unspecified atom stereocenters. The van der Waals surface area contributed by atoms with Crippen molar-refractivity contribution in [1.29, 1.82) is 0 Å². The molecule has 0 saturated heterocycles. The number of ether oxygens (including phenoxy) is 1. The number of carbonyl (C=O) groups is 1. The van der Waals surface area contributed by atoms with Crippen molar-refractivity contribution in [2.45, 2.75) is 13.5 Å². The van der Waals surface area contributed by atoms with Gasteiger partial charge in [-0.1, -0.05) is 18.2 Å². The van der Waals surface area contributed by atoms with Crippen LogP contribution >= 0.6 is 0 Å². The number of carbonyl (C=O) groups excluding carboxylic acids is 1. The molecule has 0 aliphatic carbocycles. The molecular formula is C16H15NO4. The fourth-order valence-electron chi connectivity index (χ4n) is 2.36. The van der Waals surface area contributed by atoms with Crippen LogP contribution in [-0.2, 0) is 6.54 Å². The van der Waals surface area contributed by atoms with Crippen LogP contribution in [0.2, 0.25) is 0 Å². The Hall–Kier alpha value is -2.56. The highest BCUT2D eigenvalue weighted by molar-refractivity contribution is 5.91. The summed E-state index contributed by atoms with van der Waals surface area (Å²) in [4.78, 5) is 25.6. The number of rotatable bonds is 1. The highest BCUT2D eigenvalue weighted by Crippen LogP contribution is 2.23. The number of para-hydroxylation sites is 1. The first kappa shape index (κ1) is 13.4. The molecule has 0 atom stereocenters. The lowest BCUT2D eigenvalue weighted by Crippen LogP contribution is -2.33. The molecule has 2 heterocycles. The molecule has 1 aromatic heterocycles. The van der Waals surface area contributed by atoms with Gasteiger partial charge in [0.15, 0.2) is 11.2 Å². The molecule has 5 heteroatoms. The lowest BCUT2D eigenvalue weighted by atomic mass is 10.2. The van der Waals surface area contributed by atoms with Gasteiger partial charge in [-0.3, -0.25) is 9.59 Å². The van der Waals surface area contributed by atoms with Crippen LogP contribution in [0.1, 0.15) is 21.9 Å². The Bertz CT molecular complexity index is 735. The van der Waals surface area contributed by atoms with E-state index in [-0.39, 0.29) is 17.1 Å². The Morgan fingerprint density at radius 2 is 2.05 bits per heavy atom. The second-order valence-corrected chi connectivity index (χ2v) is 4.95. The van der Waals surface area contributed by atoms with E-state index in [4.69, 9.17) is 9.15 Å². The SMILES string of the molecule is Cc1cc(=O)cc(C(=O)N2CCOc3ccccc3C2)o1. The Morgan fingerprint density at radius 1 is 1.24 bits per heavy atom. The van der Waals surface area contributed by atoms with Crippen molar-refractivity contribution in [2.75, 3.05) is 13.2 Å². The molecule has 0 fully saturated rings. The first-order chi connectivity index (χ1) is 10.1. The Balaban J connectivity index is 1.90. The van der Waals surface area contributed by atoms with E-state index in [0.717, 1.165) is 11.3 Å². The summed E-state index contributed by atoms with van der Waals surface area (Å²) in [7, 11) is 0. The number of fused-ring (bicyclic) bond motifs is 1. The minimum atomic E-state index is -0.295. The summed E-state index contributed by atoms with van der Waals surface area (Å²) in [5.41, 5.74) is 0.715. The van der Waals surface area contributed by atoms with Crippen LogP contribution in [0.4, 0.5) is 0 Å². The first-order valence-electron chi connectivity index (χ1n) is 6.75. The summed E-state index contributed by atoms with van der Waals surface area (Å²) < 4.78 is 11.0. The predicted octanol–water partition coefficient (Wildman–Crippen LogP) is 1.98. The largest absolute Gasteiger partial charge is 0.491 e. The lowest BCUT2D eigenvalue weighted by molar-refractivity contribution is 0.0696. The van der Waals surface area contributed by atoms with E-state index in [1.165, 1.54) is 12.1 Å². The highest BCUT2D eigenvalue weighted by atomic mass is 16.5. The molecule has 0 saturated carbocycles. The molecule has 2 aromatic rings. The highest BCUT2D eigenvalue weighted by Gasteiger charge is 2.22. The zero-order valence-corrected chi connectivity index (χ0v) is 11.7. The van der Waals surface area contributed by atoms with Crippen LogP contribution in [0.25, 0.3) is 0 Å². The number of hydrogen-bond donors (Lipinski definition) is 0. The Morgan fingerprint density at radius 3 is 2.86 bits per heavy atom. The molecule has 5 nitrogen and oxygen atoms in total. The fraction of sp³-hybridized carbons (Fsp3) is 0.250. The van der Waals surface area contributed by atoms with Gasteiger partial charge in [0.05, 0.1) is 6.54 Å². The quantitative estimate of drug-likeness (QED) is 0.804. The van der Waals surface area contributed by atoms with Crippen molar-refractivity contribution in [2.24, 2.45) is 0 Å². The Labute approximate surface area is 121 Å². The maximum Gasteiger partial charge on any atom is 0.290 e. The van der Waals surface area contributed by atoms with Crippen LogP contribution in [0.3, 0.4) is 0 Å². The molecule has 0 radical (unpaired) electrons. The molecular weight excluding hydrogens is 270 g/mol. The number of hydrogen-bond acceptors (Lipinski definition) is 4. The van der Waals surface area contributed by atoms with Crippen molar-refractivity contribution in [1.82, 2.24) is 4.90 Å². The molecule has 0 N–H and O–H groups in total. The van der Waals surface area contributed by atoms with Gasteiger partial charge in [-0.05, 0) is 13.0 Å². The topological polar surface area (TPSA) is 59.8 Å². The third-order valence-electron chi connectivity index (χ3n) is 3.34. The minimum Gasteiger partial charge on any atom is -0.491 e. The van der Waals surface area contributed by atoms with Gasteiger partial charge in [-0.2, -0.15) is 0 Å². The summed E-state index contributed by atoms with van der Waals surface area (Å²) in [6.45, 7) is 2.95. The molecule has 0 bridgehead atoms. The van der Waals surface area contributed by atoms with Gasteiger partial charge in [0, 0.05) is 24.2 Å². The van der Waals surface area contributed by atoms with E-state index in [0.29, 0.717) is 25.5 Å². The van der Waals surface area contributed by atoms with Gasteiger partial charge < -0.3 is 14.1 Å². The van der Waals surface area contributed by atoms with Crippen LogP contribution in [-0.4, -0.2) is 24.0 Å². The molecule has 21 heavy (non-hydrogen) atoms. The minimum absolute atomic E-state index is 0.0689. The van der Waals surface area contributed by atoms with Gasteiger partial charge in [0.1, 0.15) is 18.1 Å². The average molecular weight is 285 g/mol. The van der Waals surface area contributed by atoms with Crippen LogP contribution in [0.15, 0.2) is 45.6 Å². The monoisotopic (exact) mass is 285 g/mol. The van der Waals surface area contributed by atoms with E-state index < -0.39 is 0 Å². The number of aryl methyl sites for hydroxylation is 1. The summed E-state index contributed by atoms with van der Waals surface area (Å²) in [5.74, 6) is 0.992. The van der Waals surface area contributed by atoms with Crippen LogP contribution < -0.4 is 10.2 Å². The van der Waals surface area contributed by atoms with Crippen LogP contribution in [0.5, 0.6) is 5.75 Å². The van der Waals surface area contributed by atoms with E-state index in [1.54, 1.807) is 11.8 Å². The van der Waals surface area contributed by atoms with Crippen molar-refractivity contribution >= 4 is 5.91 Å². The fourth-order valence-corrected chi connectivity index (χ4v) is 2.36. The second kappa shape index (κ2) is 5.44. The first-order valence-corrected chi connectivity index (χ1v) is 6.75. The third-order valence-corrected chi connectivity index (χ3v) is 3.34. The summed E-state index contributed by atoms with van der Waals surface area (Å²) >= 11 is 0. The predicted molar refractivity (Wildman–Crippen MR) is 76.4 cm³/mol. The number of amides is 1. The van der Waals surface area contributed by atoms with Crippen molar-refractivity contribution in [3.63, 3.8) is 0 Å². The van der Waals surface area contributed by atoms with E-state index in [9.17, 15) is 9.59 Å². The normalized spacial score (nSPS) is 14.0. The van der Waals surface area contributed by atoms with Crippen molar-refractivity contribution < 1.29 is 13.9 Å². The van der Waals surface area contributed by atoms with E-state index >= 15 is 0 Å². The smallest absolute Gasteiger partial charge is 0.290 e. The van der Waals surface area contributed by atoms with Gasteiger partial charge >= 0.3 is 0 Å². The second-order valence-electron chi connectivity index (χ2n) is 4.95. The average Bonchev–Trinajstić information content (AvgIpc) is 2.67. The van der Waals surface area contributed by atoms with Crippen molar-refractivity contribution in [3.05, 3.63) is 63.7 Å². The van der Waals surface area contributed by atoms with Gasteiger partial charge in [0.25, 0.3) is 5.91 Å². The summed E-state index contributed by atoms with van der Waals surface area (Å²) in [5, 5.41) is 0. The van der Waals surface area contributed by atoms with Gasteiger partial charge in [-0.25, -0.2) is 0 Å². The molecule has 3 rings (SSSR count). The molecule has 0 spiro atoms. The maximum absolute atomic E-state index is 12.5. The van der Waals surface area contributed by atoms with E-state index in [2.05, 4.69) is 0 Å². The third kappa shape index (κ3) is 2.81. The van der Waals surface area contributed by atoms with Gasteiger partial charge in [0.2, 0.25) is 0 Å². The Kier molecular flexibility index (Phi) is 3.48. The summed E-state index contributed by atoms with van der Waals surface area (Å²) in [6.07, 6.45) is 0. The molecule has 1 aliphatic heterocycles. The standard InChI is InChI=1S/C16H15NO4/c1-11-8-13(18)9-15(21-11)16(19)17-6-7-20-14-5-3-2-4-12(14)10-17/h2-5,8-9H,6-7,10H2,1H3. The molecule has 1 amide bonds. The zero-order valence-electron chi connectivity index (χ0n) is 11.7. The summed E-state index contributed by atoms with van der Waals surface area (Å²) in [6, 6.07) is 10.2. The van der Waals surface area contributed by atoms with E-state index in [1.807, 2.05) is 24.3 Å². The van der Waals surface area contributed by atoms with Crippen molar-refractivity contribution in [3.8, 4) is 5.75 Å².